The second-order valence-electron chi connectivity index (χ2n) is 5.01. The van der Waals surface area contributed by atoms with Crippen molar-refractivity contribution in [3.05, 3.63) is 24.0 Å². The van der Waals surface area contributed by atoms with E-state index < -0.39 is 0 Å². The average Bonchev–Trinajstić information content (AvgIpc) is 2.98. The summed E-state index contributed by atoms with van der Waals surface area (Å²) in [5, 5.41) is 3.45. The van der Waals surface area contributed by atoms with Gasteiger partial charge in [0.15, 0.2) is 0 Å². The van der Waals surface area contributed by atoms with E-state index in [1.54, 1.807) is 0 Å². The first kappa shape index (κ1) is 12.7. The normalized spacial score (nSPS) is 18.7. The van der Waals surface area contributed by atoms with Gasteiger partial charge >= 0.3 is 0 Å². The van der Waals surface area contributed by atoms with Crippen molar-refractivity contribution in [1.82, 2.24) is 14.8 Å². The number of nitrogens with one attached hydrogen (secondary N) is 1. The molecule has 0 radical (unpaired) electrons. The molecule has 1 aromatic rings. The molecule has 0 amide bonds. The Kier molecular flexibility index (Phi) is 4.63. The summed E-state index contributed by atoms with van der Waals surface area (Å²) in [6.07, 6.45) is 7.26. The standard InChI is InChI=1S/C14H25N3/c1-3-15-13(2)14-6-9-17(12-14)11-10-16-7-4-5-8-16/h6,9,12-13,15H,3-5,7-8,10-11H2,1-2H3. The summed E-state index contributed by atoms with van der Waals surface area (Å²) >= 11 is 0. The van der Waals surface area contributed by atoms with E-state index in [1.165, 1.54) is 38.0 Å². The van der Waals surface area contributed by atoms with E-state index in [0.717, 1.165) is 13.1 Å². The van der Waals surface area contributed by atoms with E-state index in [2.05, 4.69) is 47.1 Å². The van der Waals surface area contributed by atoms with Crippen LogP contribution in [-0.2, 0) is 6.54 Å². The van der Waals surface area contributed by atoms with Crippen molar-refractivity contribution >= 4 is 0 Å². The number of nitrogens with zero attached hydrogens (tertiary/aromatic N) is 2. The van der Waals surface area contributed by atoms with Gasteiger partial charge in [0.25, 0.3) is 0 Å². The number of hydrogen-bond acceptors (Lipinski definition) is 2. The highest BCUT2D eigenvalue weighted by Crippen LogP contribution is 2.13. The molecule has 0 bridgehead atoms. The van der Waals surface area contributed by atoms with Gasteiger partial charge in [0.05, 0.1) is 0 Å². The van der Waals surface area contributed by atoms with E-state index in [9.17, 15) is 0 Å². The maximum atomic E-state index is 3.45. The first-order chi connectivity index (χ1) is 8.29. The van der Waals surface area contributed by atoms with Crippen LogP contribution < -0.4 is 5.32 Å². The van der Waals surface area contributed by atoms with Crippen LogP contribution in [0.25, 0.3) is 0 Å². The van der Waals surface area contributed by atoms with Gasteiger partial charge in [-0.1, -0.05) is 6.92 Å². The van der Waals surface area contributed by atoms with Crippen molar-refractivity contribution in [2.24, 2.45) is 0 Å². The van der Waals surface area contributed by atoms with Gasteiger partial charge in [-0.15, -0.1) is 0 Å². The molecule has 1 aliphatic rings. The molecule has 2 rings (SSSR count). The second-order valence-corrected chi connectivity index (χ2v) is 5.01. The molecule has 1 saturated heterocycles. The number of likely N-dealkylation sites (tertiary alicyclic amines) is 1. The molecular formula is C14H25N3. The van der Waals surface area contributed by atoms with Gasteiger partial charge in [0.1, 0.15) is 0 Å². The molecule has 0 saturated carbocycles. The zero-order valence-corrected chi connectivity index (χ0v) is 11.2. The van der Waals surface area contributed by atoms with Crippen LogP contribution in [0.4, 0.5) is 0 Å². The Morgan fingerprint density at radius 1 is 1.29 bits per heavy atom. The van der Waals surface area contributed by atoms with Gasteiger partial charge in [-0.05, 0) is 51.0 Å². The fraction of sp³-hybridized carbons (Fsp3) is 0.714. The summed E-state index contributed by atoms with van der Waals surface area (Å²) in [4.78, 5) is 2.56. The lowest BCUT2D eigenvalue weighted by atomic mass is 10.2. The molecule has 3 nitrogen and oxygen atoms in total. The minimum absolute atomic E-state index is 0.466. The van der Waals surface area contributed by atoms with Crippen LogP contribution >= 0.6 is 0 Å². The molecule has 0 aromatic carbocycles. The Labute approximate surface area is 105 Å². The third-order valence-corrected chi connectivity index (χ3v) is 3.66. The fourth-order valence-electron chi connectivity index (χ4n) is 2.54. The molecule has 1 N–H and O–H groups in total. The van der Waals surface area contributed by atoms with E-state index in [4.69, 9.17) is 0 Å². The molecule has 1 aromatic heterocycles. The molecule has 1 unspecified atom stereocenters. The van der Waals surface area contributed by atoms with Gasteiger partial charge < -0.3 is 14.8 Å². The van der Waals surface area contributed by atoms with Crippen LogP contribution in [0, 0.1) is 0 Å². The van der Waals surface area contributed by atoms with Gasteiger partial charge in [0.2, 0.25) is 0 Å². The minimum Gasteiger partial charge on any atom is -0.353 e. The molecular weight excluding hydrogens is 210 g/mol. The van der Waals surface area contributed by atoms with Gasteiger partial charge in [-0.25, -0.2) is 0 Å². The first-order valence-electron chi connectivity index (χ1n) is 6.91. The summed E-state index contributed by atoms with van der Waals surface area (Å²) in [5.41, 5.74) is 1.40. The first-order valence-corrected chi connectivity index (χ1v) is 6.91. The monoisotopic (exact) mass is 235 g/mol. The van der Waals surface area contributed by atoms with Crippen LogP contribution in [0.1, 0.15) is 38.3 Å². The lowest BCUT2D eigenvalue weighted by Crippen LogP contribution is -2.23. The van der Waals surface area contributed by atoms with Crippen molar-refractivity contribution in [3.8, 4) is 0 Å². The van der Waals surface area contributed by atoms with Crippen molar-refractivity contribution in [3.63, 3.8) is 0 Å². The highest BCUT2D eigenvalue weighted by molar-refractivity contribution is 5.14. The van der Waals surface area contributed by atoms with Crippen LogP contribution in [0.5, 0.6) is 0 Å². The molecule has 17 heavy (non-hydrogen) atoms. The fourth-order valence-corrected chi connectivity index (χ4v) is 2.54. The lowest BCUT2D eigenvalue weighted by molar-refractivity contribution is 0.322. The molecule has 96 valence electrons. The quantitative estimate of drug-likeness (QED) is 0.816. The third-order valence-electron chi connectivity index (χ3n) is 3.66. The van der Waals surface area contributed by atoms with Crippen LogP contribution in [-0.4, -0.2) is 35.6 Å². The summed E-state index contributed by atoms with van der Waals surface area (Å²) in [5.74, 6) is 0. The van der Waals surface area contributed by atoms with Crippen molar-refractivity contribution in [2.75, 3.05) is 26.2 Å². The molecule has 0 spiro atoms. The Bertz CT molecular complexity index is 326. The molecule has 1 atom stereocenters. The summed E-state index contributed by atoms with van der Waals surface area (Å²) < 4.78 is 2.32. The van der Waals surface area contributed by atoms with Crippen LogP contribution in [0.3, 0.4) is 0 Å². The number of hydrogen-bond donors (Lipinski definition) is 1. The van der Waals surface area contributed by atoms with Crippen molar-refractivity contribution < 1.29 is 0 Å². The summed E-state index contributed by atoms with van der Waals surface area (Å²) in [6.45, 7) is 10.3. The van der Waals surface area contributed by atoms with Crippen LogP contribution in [0.2, 0.25) is 0 Å². The molecule has 1 aliphatic heterocycles. The van der Waals surface area contributed by atoms with Gasteiger partial charge in [-0.2, -0.15) is 0 Å². The Morgan fingerprint density at radius 2 is 2.06 bits per heavy atom. The van der Waals surface area contributed by atoms with Gasteiger partial charge in [-0.3, -0.25) is 0 Å². The zero-order valence-electron chi connectivity index (χ0n) is 11.2. The maximum absolute atomic E-state index is 3.45. The zero-order chi connectivity index (χ0) is 12.1. The lowest BCUT2D eigenvalue weighted by Gasteiger charge is -2.15. The predicted molar refractivity (Wildman–Crippen MR) is 72.2 cm³/mol. The highest BCUT2D eigenvalue weighted by atomic mass is 15.2. The maximum Gasteiger partial charge on any atom is 0.0347 e. The highest BCUT2D eigenvalue weighted by Gasteiger charge is 2.11. The Balaban J connectivity index is 1.80. The van der Waals surface area contributed by atoms with Crippen molar-refractivity contribution in [2.45, 2.75) is 39.3 Å². The molecule has 0 aliphatic carbocycles. The Hall–Kier alpha value is -0.800. The van der Waals surface area contributed by atoms with E-state index >= 15 is 0 Å². The minimum atomic E-state index is 0.466. The molecule has 2 heterocycles. The molecule has 1 fully saturated rings. The van der Waals surface area contributed by atoms with Gasteiger partial charge in [0, 0.05) is 31.5 Å². The molecule has 3 heteroatoms. The summed E-state index contributed by atoms with van der Waals surface area (Å²) in [7, 11) is 0. The smallest absolute Gasteiger partial charge is 0.0347 e. The third kappa shape index (κ3) is 3.58. The number of rotatable bonds is 6. The van der Waals surface area contributed by atoms with E-state index in [1.807, 2.05) is 0 Å². The topological polar surface area (TPSA) is 20.2 Å². The Morgan fingerprint density at radius 3 is 2.76 bits per heavy atom. The number of aromatic nitrogens is 1. The van der Waals surface area contributed by atoms with E-state index in [-0.39, 0.29) is 0 Å². The summed E-state index contributed by atoms with van der Waals surface area (Å²) in [6, 6.07) is 2.70. The largest absolute Gasteiger partial charge is 0.353 e. The van der Waals surface area contributed by atoms with Crippen LogP contribution in [0.15, 0.2) is 18.5 Å². The van der Waals surface area contributed by atoms with E-state index in [0.29, 0.717) is 6.04 Å². The average molecular weight is 235 g/mol. The van der Waals surface area contributed by atoms with Crippen molar-refractivity contribution in [1.29, 1.82) is 0 Å². The second kappa shape index (κ2) is 6.22. The predicted octanol–water partition coefficient (Wildman–Crippen LogP) is 2.25. The SMILES string of the molecule is CCNC(C)c1ccn(CCN2CCCC2)c1.